The van der Waals surface area contributed by atoms with E-state index in [0.717, 1.165) is 18.2 Å². The molecule has 1 aromatic carbocycles. The van der Waals surface area contributed by atoms with Gasteiger partial charge >= 0.3 is 0 Å². The van der Waals surface area contributed by atoms with E-state index < -0.39 is 26.6 Å². The number of carbonyl (C=O) groups is 2. The highest BCUT2D eigenvalue weighted by Crippen LogP contribution is 2.24. The summed E-state index contributed by atoms with van der Waals surface area (Å²) in [4.78, 5) is 26.3. The summed E-state index contributed by atoms with van der Waals surface area (Å²) in [5.74, 6) is -1.07. The zero-order valence-corrected chi connectivity index (χ0v) is 11.6. The van der Waals surface area contributed by atoms with Crippen molar-refractivity contribution in [1.82, 2.24) is 9.82 Å². The zero-order chi connectivity index (χ0) is 17.3. The van der Waals surface area contributed by atoms with Crippen LogP contribution in [0.3, 0.4) is 0 Å². The average molecular weight is 326 g/mol. The summed E-state index contributed by atoms with van der Waals surface area (Å²) in [5, 5.41) is 0. The van der Waals surface area contributed by atoms with Gasteiger partial charge in [-0.25, -0.2) is 0 Å². The van der Waals surface area contributed by atoms with Crippen molar-refractivity contribution in [2.45, 2.75) is 4.90 Å². The molecule has 0 bridgehead atoms. The van der Waals surface area contributed by atoms with Crippen molar-refractivity contribution in [3.63, 3.8) is 0 Å². The Bertz CT molecular complexity index is 789. The van der Waals surface area contributed by atoms with Crippen LogP contribution in [0.15, 0.2) is 35.2 Å². The van der Waals surface area contributed by atoms with Crippen molar-refractivity contribution in [1.29, 1.82) is 22.1 Å². The Morgan fingerprint density at radius 2 is 1.36 bits per heavy atom. The van der Waals surface area contributed by atoms with E-state index in [4.69, 9.17) is 26.7 Å². The third-order valence-corrected chi connectivity index (χ3v) is 3.10. The van der Waals surface area contributed by atoms with Crippen LogP contribution < -0.4 is 9.82 Å². The maximum Gasteiger partial charge on any atom is 0.295 e. The molecule has 0 radical (unpaired) electrons. The highest BCUT2D eigenvalue weighted by molar-refractivity contribution is 7.86. The van der Waals surface area contributed by atoms with Crippen LogP contribution in [0.4, 0.5) is 0 Å². The van der Waals surface area contributed by atoms with Crippen LogP contribution in [-0.4, -0.2) is 24.5 Å². The fourth-order valence-corrected chi connectivity index (χ4v) is 2.25. The predicted octanol–water partition coefficient (Wildman–Crippen LogP) is 1.10. The highest BCUT2D eigenvalue weighted by atomic mass is 32.2. The Kier molecular flexibility index (Phi) is 7.01. The Balaban J connectivity index is 0.000000639. The number of allylic oxidation sites excluding steroid dienone is 2. The van der Waals surface area contributed by atoms with Crippen LogP contribution >= 0.6 is 0 Å². The molecule has 0 saturated carbocycles. The number of hydrogen-bond acceptors (Lipinski definition) is 8. The quantitative estimate of drug-likeness (QED) is 0.290. The summed E-state index contributed by atoms with van der Waals surface area (Å²) in [7, 11) is -4.51. The molecule has 11 nitrogen and oxygen atoms in total. The summed E-state index contributed by atoms with van der Waals surface area (Å²) in [6, 6.07) is 3.72. The van der Waals surface area contributed by atoms with E-state index in [1.165, 1.54) is 12.1 Å². The second-order valence-corrected chi connectivity index (χ2v) is 4.83. The van der Waals surface area contributed by atoms with Gasteiger partial charge in [0.2, 0.25) is 9.82 Å². The van der Waals surface area contributed by atoms with E-state index in [1.54, 1.807) is 0 Å². The van der Waals surface area contributed by atoms with Gasteiger partial charge in [0.1, 0.15) is 27.0 Å². The lowest BCUT2D eigenvalue weighted by atomic mass is 9.95. The highest BCUT2D eigenvalue weighted by Gasteiger charge is 2.26. The molecule has 0 unspecified atom stereocenters. The molecule has 0 aliphatic heterocycles. The van der Waals surface area contributed by atoms with E-state index in [0.29, 0.717) is 0 Å². The Morgan fingerprint density at radius 1 is 0.909 bits per heavy atom. The predicted molar refractivity (Wildman–Crippen MR) is 69.2 cm³/mol. The first kappa shape index (κ1) is 18.8. The van der Waals surface area contributed by atoms with Crippen molar-refractivity contribution in [2.75, 3.05) is 0 Å². The van der Waals surface area contributed by atoms with Gasteiger partial charge in [-0.15, -0.1) is 0 Å². The van der Waals surface area contributed by atoms with Crippen LogP contribution in [-0.2, 0) is 10.1 Å². The lowest BCUT2D eigenvalue weighted by Crippen LogP contribution is -2.16. The fraction of sp³-hybridized carbons (Fsp3) is 0. The normalized spacial score (nSPS) is 11.7. The second kappa shape index (κ2) is 8.19. The van der Waals surface area contributed by atoms with Crippen molar-refractivity contribution < 1.29 is 22.6 Å². The number of benzene rings is 1. The maximum atomic E-state index is 11.5. The first-order chi connectivity index (χ1) is 10.2. The smallest absolute Gasteiger partial charge is 0.289 e. The van der Waals surface area contributed by atoms with Gasteiger partial charge in [-0.2, -0.15) is 8.42 Å². The van der Waals surface area contributed by atoms with Crippen LogP contribution in [0, 0.1) is 22.1 Å². The molecule has 5 N–H and O–H groups in total. The Hall–Kier alpha value is -3.17. The van der Waals surface area contributed by atoms with Crippen LogP contribution in [0.5, 0.6) is 0 Å². The largest absolute Gasteiger partial charge is 0.295 e. The SMILES string of the molecule is N=[N+]=N.N=[N+]=N.O=C1C=CC(=O)c2c1cccc2S(=O)(=O)O. The van der Waals surface area contributed by atoms with Gasteiger partial charge in [0.25, 0.3) is 10.1 Å². The summed E-state index contributed by atoms with van der Waals surface area (Å²) >= 11 is 0. The molecule has 1 aliphatic rings. The first-order valence-electron chi connectivity index (χ1n) is 5.18. The van der Waals surface area contributed by atoms with E-state index in [-0.39, 0.29) is 11.1 Å². The third-order valence-electron chi connectivity index (χ3n) is 2.20. The van der Waals surface area contributed by atoms with Crippen LogP contribution in [0.1, 0.15) is 20.7 Å². The van der Waals surface area contributed by atoms with Crippen molar-refractivity contribution in [3.8, 4) is 0 Å². The van der Waals surface area contributed by atoms with Crippen molar-refractivity contribution >= 4 is 21.7 Å². The van der Waals surface area contributed by atoms with Crippen molar-refractivity contribution in [3.05, 3.63) is 41.5 Å². The topological polar surface area (TPSA) is 212 Å². The third kappa shape index (κ3) is 4.74. The molecule has 114 valence electrons. The Labute approximate surface area is 123 Å². The van der Waals surface area contributed by atoms with Gasteiger partial charge in [-0.1, -0.05) is 12.1 Å². The number of nitrogens with zero attached hydrogens (tertiary/aromatic N) is 2. The van der Waals surface area contributed by atoms with Crippen LogP contribution in [0.25, 0.3) is 0 Å². The van der Waals surface area contributed by atoms with Gasteiger partial charge in [0.15, 0.2) is 11.6 Å². The van der Waals surface area contributed by atoms with Gasteiger partial charge in [-0.3, -0.25) is 14.1 Å². The maximum absolute atomic E-state index is 11.5. The summed E-state index contributed by atoms with van der Waals surface area (Å²) in [5.41, 5.74) is 21.7. The molecule has 0 atom stereocenters. The van der Waals surface area contributed by atoms with Gasteiger partial charge in [-0.05, 0) is 18.2 Å². The van der Waals surface area contributed by atoms with Crippen LogP contribution in [0.2, 0.25) is 0 Å². The molecular weight excluding hydrogens is 316 g/mol. The lowest BCUT2D eigenvalue weighted by molar-refractivity contribution is 0.0991. The number of rotatable bonds is 1. The summed E-state index contributed by atoms with van der Waals surface area (Å²) in [6.45, 7) is 0. The number of fused-ring (bicyclic) bond motifs is 1. The van der Waals surface area contributed by atoms with Crippen molar-refractivity contribution in [2.24, 2.45) is 0 Å². The molecule has 0 spiro atoms. The molecule has 12 heteroatoms. The first-order valence-corrected chi connectivity index (χ1v) is 6.62. The molecular formula is C10H10N6O5S+2. The minimum absolute atomic E-state index is 0.0115. The zero-order valence-electron chi connectivity index (χ0n) is 10.8. The van der Waals surface area contributed by atoms with E-state index in [2.05, 4.69) is 0 Å². The second-order valence-electron chi connectivity index (χ2n) is 3.44. The minimum Gasteiger partial charge on any atom is -0.289 e. The van der Waals surface area contributed by atoms with Gasteiger partial charge < -0.3 is 0 Å². The molecule has 1 aromatic rings. The Morgan fingerprint density at radius 3 is 1.82 bits per heavy atom. The number of ketones is 2. The molecule has 2 rings (SSSR count). The van der Waals surface area contributed by atoms with E-state index >= 15 is 0 Å². The molecule has 0 aromatic heterocycles. The molecule has 0 amide bonds. The molecule has 0 heterocycles. The number of carbonyl (C=O) groups excluding carboxylic acids is 2. The molecule has 22 heavy (non-hydrogen) atoms. The van der Waals surface area contributed by atoms with E-state index in [1.807, 2.05) is 9.82 Å². The summed E-state index contributed by atoms with van der Waals surface area (Å²) < 4.78 is 31.0. The fourth-order valence-electron chi connectivity index (χ4n) is 1.53. The lowest BCUT2D eigenvalue weighted by Gasteiger charge is -2.11. The van der Waals surface area contributed by atoms with Gasteiger partial charge in [0.05, 0.1) is 5.56 Å². The van der Waals surface area contributed by atoms with Gasteiger partial charge in [0, 0.05) is 5.56 Å². The molecule has 0 fully saturated rings. The molecule has 0 saturated heterocycles. The average Bonchev–Trinajstić information content (AvgIpc) is 2.43. The minimum atomic E-state index is -4.51. The summed E-state index contributed by atoms with van der Waals surface area (Å²) in [6.07, 6.45) is 2.05. The standard InChI is InChI=1S/C10H6O5S.2H2N3/c11-7-4-5-8(12)10-6(7)2-1-3-9(10)16(13,14)15;2*1-3-2/h1-5H,(H,13,14,15);2*1-2H/q;2*+1. The molecule has 1 aliphatic carbocycles. The number of nitrogens with one attached hydrogen (secondary N) is 4. The van der Waals surface area contributed by atoms with E-state index in [9.17, 15) is 18.0 Å². The monoisotopic (exact) mass is 326 g/mol. The number of hydrogen-bond donors (Lipinski definition) is 5.